The number of carbonyl (C=O) groups is 3. The molecule has 0 unspecified atom stereocenters. The Bertz CT molecular complexity index is 1230. The highest BCUT2D eigenvalue weighted by Gasteiger charge is 2.70. The zero-order valence-electron chi connectivity index (χ0n) is 17.0. The van der Waals surface area contributed by atoms with Gasteiger partial charge in [-0.05, 0) is 55.7 Å². The second-order valence-electron chi connectivity index (χ2n) is 8.93. The van der Waals surface area contributed by atoms with Crippen molar-refractivity contribution in [1.29, 1.82) is 0 Å². The van der Waals surface area contributed by atoms with E-state index in [1.807, 2.05) is 6.07 Å². The average Bonchev–Trinajstić information content (AvgIpc) is 3.49. The third kappa shape index (κ3) is 2.60. The van der Waals surface area contributed by atoms with E-state index < -0.39 is 11.8 Å². The number of halogens is 2. The van der Waals surface area contributed by atoms with E-state index in [4.69, 9.17) is 28.0 Å². The molecule has 162 valence electrons. The molecule has 2 aromatic rings. The number of rotatable bonds is 3. The van der Waals surface area contributed by atoms with Gasteiger partial charge in [0.2, 0.25) is 11.8 Å². The first-order valence-electron chi connectivity index (χ1n) is 10.5. The number of fused-ring (bicyclic) bond motifs is 8. The quantitative estimate of drug-likeness (QED) is 0.494. The lowest BCUT2D eigenvalue weighted by Crippen LogP contribution is -2.41. The zero-order valence-corrected chi connectivity index (χ0v) is 18.5. The van der Waals surface area contributed by atoms with E-state index in [0.717, 1.165) is 17.7 Å². The fourth-order valence-electron chi connectivity index (χ4n) is 6.14. The zero-order chi connectivity index (χ0) is 22.3. The van der Waals surface area contributed by atoms with Gasteiger partial charge in [0.1, 0.15) is 6.10 Å². The number of nitrogens with zero attached hydrogens (tertiary/aromatic N) is 2. The van der Waals surface area contributed by atoms with Crippen molar-refractivity contribution >= 4 is 52.2 Å². The first-order valence-corrected chi connectivity index (χ1v) is 11.3. The van der Waals surface area contributed by atoms with Crippen molar-refractivity contribution in [3.8, 4) is 0 Å². The van der Waals surface area contributed by atoms with Crippen LogP contribution in [0.4, 0.5) is 5.69 Å². The monoisotopic (exact) mass is 468 g/mol. The molecule has 0 radical (unpaired) electrons. The van der Waals surface area contributed by atoms with E-state index in [1.54, 1.807) is 36.4 Å². The molecule has 2 bridgehead atoms. The molecule has 3 fully saturated rings. The first-order chi connectivity index (χ1) is 15.4. The number of hydrogen-bond acceptors (Lipinski definition) is 5. The highest BCUT2D eigenvalue weighted by atomic mass is 35.5. The van der Waals surface area contributed by atoms with E-state index in [1.165, 1.54) is 11.8 Å². The van der Waals surface area contributed by atoms with Gasteiger partial charge in [-0.2, -0.15) is 0 Å². The molecule has 6 atom stereocenters. The maximum absolute atomic E-state index is 13.5. The summed E-state index contributed by atoms with van der Waals surface area (Å²) in [6.07, 6.45) is 0.517. The fraction of sp³-hybridized carbons (Fsp3) is 0.333. The Morgan fingerprint density at radius 1 is 1.00 bits per heavy atom. The molecule has 1 saturated heterocycles. The number of Topliss-reactive ketones (excluding diaryl/α,β-unsaturated/α-hetero) is 1. The van der Waals surface area contributed by atoms with Crippen LogP contribution in [0.25, 0.3) is 0 Å². The lowest BCUT2D eigenvalue weighted by atomic mass is 9.71. The van der Waals surface area contributed by atoms with Crippen molar-refractivity contribution in [3.05, 3.63) is 63.6 Å². The van der Waals surface area contributed by atoms with Crippen LogP contribution in [0.2, 0.25) is 10.0 Å². The molecule has 0 aromatic heterocycles. The molecule has 2 aliphatic carbocycles. The van der Waals surface area contributed by atoms with Crippen LogP contribution in [0.1, 0.15) is 29.3 Å². The minimum atomic E-state index is -0.406. The summed E-state index contributed by atoms with van der Waals surface area (Å²) in [6.45, 7) is 1.48. The Kier molecular flexibility index (Phi) is 4.30. The SMILES string of the molecule is CC(=O)c1ccc(N2C(=O)[C@@H]3[C@H]4C[C@@H]([C@@H]5C(c6ccc(Cl)cc6Cl)=NO[C@H]45)[C@@H]3C2=O)cc1. The van der Waals surface area contributed by atoms with Crippen molar-refractivity contribution < 1.29 is 19.2 Å². The summed E-state index contributed by atoms with van der Waals surface area (Å²) < 4.78 is 0. The van der Waals surface area contributed by atoms with E-state index in [-0.39, 0.29) is 41.5 Å². The molecule has 2 amide bonds. The van der Waals surface area contributed by atoms with Crippen molar-refractivity contribution in [2.45, 2.75) is 19.4 Å². The van der Waals surface area contributed by atoms with Gasteiger partial charge in [-0.15, -0.1) is 0 Å². The molecule has 4 aliphatic rings. The van der Waals surface area contributed by atoms with Crippen LogP contribution in [-0.4, -0.2) is 29.4 Å². The molecule has 2 aliphatic heterocycles. The second kappa shape index (κ2) is 6.90. The van der Waals surface area contributed by atoms with Crippen LogP contribution >= 0.6 is 23.2 Å². The Labute approximate surface area is 194 Å². The highest BCUT2D eigenvalue weighted by Crippen LogP contribution is 2.62. The smallest absolute Gasteiger partial charge is 0.238 e. The van der Waals surface area contributed by atoms with Gasteiger partial charge in [-0.25, -0.2) is 0 Å². The Balaban J connectivity index is 1.33. The van der Waals surface area contributed by atoms with Gasteiger partial charge in [0.15, 0.2) is 5.78 Å². The Morgan fingerprint density at radius 2 is 1.69 bits per heavy atom. The molecule has 2 heterocycles. The molecule has 2 aromatic carbocycles. The number of anilines is 1. The maximum atomic E-state index is 13.5. The Hall–Kier alpha value is -2.70. The average molecular weight is 469 g/mol. The number of amides is 2. The van der Waals surface area contributed by atoms with Crippen LogP contribution in [-0.2, 0) is 14.4 Å². The number of ketones is 1. The molecule has 2 saturated carbocycles. The molecular formula is C24H18Cl2N2O4. The normalized spacial score (nSPS) is 32.1. The maximum Gasteiger partial charge on any atom is 0.238 e. The topological polar surface area (TPSA) is 76.0 Å². The Morgan fingerprint density at radius 3 is 2.34 bits per heavy atom. The van der Waals surface area contributed by atoms with Crippen molar-refractivity contribution in [2.75, 3.05) is 4.90 Å². The summed E-state index contributed by atoms with van der Waals surface area (Å²) in [7, 11) is 0. The third-order valence-electron chi connectivity index (χ3n) is 7.43. The van der Waals surface area contributed by atoms with Crippen LogP contribution in [0.15, 0.2) is 47.6 Å². The third-order valence-corrected chi connectivity index (χ3v) is 7.98. The summed E-state index contributed by atoms with van der Waals surface area (Å²) >= 11 is 12.5. The second-order valence-corrected chi connectivity index (χ2v) is 9.77. The predicted octanol–water partition coefficient (Wildman–Crippen LogP) is 4.37. The van der Waals surface area contributed by atoms with Crippen LogP contribution in [0.3, 0.4) is 0 Å². The minimum absolute atomic E-state index is 0.0408. The van der Waals surface area contributed by atoms with Gasteiger partial charge in [0, 0.05) is 28.0 Å². The van der Waals surface area contributed by atoms with Gasteiger partial charge < -0.3 is 4.84 Å². The number of oxime groups is 1. The largest absolute Gasteiger partial charge is 0.391 e. The molecule has 32 heavy (non-hydrogen) atoms. The molecule has 6 rings (SSSR count). The van der Waals surface area contributed by atoms with Crippen LogP contribution in [0.5, 0.6) is 0 Å². The highest BCUT2D eigenvalue weighted by molar-refractivity contribution is 6.37. The van der Waals surface area contributed by atoms with Gasteiger partial charge >= 0.3 is 0 Å². The predicted molar refractivity (Wildman–Crippen MR) is 119 cm³/mol. The standard InChI is InChI=1S/C24H18Cl2N2O4/c1-10(29)11-2-5-13(6-3-11)28-23(30)18-15-9-16(19(18)24(28)31)22-20(15)21(27-32-22)14-7-4-12(25)8-17(14)26/h2-8,15-16,18-20,22H,9H2,1H3/t15-,16-,18+,19-,20-,22-/m1/s1. The molecule has 0 spiro atoms. The molecule has 6 nitrogen and oxygen atoms in total. The number of benzene rings is 2. The van der Waals surface area contributed by atoms with Gasteiger partial charge in [-0.3, -0.25) is 19.3 Å². The summed E-state index contributed by atoms with van der Waals surface area (Å²) in [6, 6.07) is 11.9. The fourth-order valence-corrected chi connectivity index (χ4v) is 6.65. The van der Waals surface area contributed by atoms with E-state index in [9.17, 15) is 14.4 Å². The van der Waals surface area contributed by atoms with Crippen molar-refractivity contribution in [3.63, 3.8) is 0 Å². The van der Waals surface area contributed by atoms with Crippen molar-refractivity contribution in [2.24, 2.45) is 34.7 Å². The number of carbonyl (C=O) groups excluding carboxylic acids is 3. The van der Waals surface area contributed by atoms with Gasteiger partial charge in [0.05, 0.1) is 28.3 Å². The van der Waals surface area contributed by atoms with Crippen LogP contribution in [0, 0.1) is 29.6 Å². The van der Waals surface area contributed by atoms with E-state index in [2.05, 4.69) is 5.16 Å². The van der Waals surface area contributed by atoms with Crippen LogP contribution < -0.4 is 4.90 Å². The van der Waals surface area contributed by atoms with Gasteiger partial charge in [-0.1, -0.05) is 34.4 Å². The van der Waals surface area contributed by atoms with Crippen molar-refractivity contribution in [1.82, 2.24) is 0 Å². The summed E-state index contributed by atoms with van der Waals surface area (Å²) in [4.78, 5) is 45.5. The van der Waals surface area contributed by atoms with E-state index in [0.29, 0.717) is 21.3 Å². The summed E-state index contributed by atoms with van der Waals surface area (Å²) in [5.74, 6) is -1.45. The minimum Gasteiger partial charge on any atom is -0.391 e. The lowest BCUT2D eigenvalue weighted by Gasteiger charge is -2.30. The number of hydrogen-bond donors (Lipinski definition) is 0. The number of imide groups is 1. The van der Waals surface area contributed by atoms with E-state index >= 15 is 0 Å². The summed E-state index contributed by atoms with van der Waals surface area (Å²) in [5, 5.41) is 5.34. The van der Waals surface area contributed by atoms with Gasteiger partial charge in [0.25, 0.3) is 0 Å². The lowest BCUT2D eigenvalue weighted by molar-refractivity contribution is -0.125. The molecule has 8 heteroatoms. The first kappa shape index (κ1) is 19.9. The molecule has 0 N–H and O–H groups in total. The molecular weight excluding hydrogens is 451 g/mol. The summed E-state index contributed by atoms with van der Waals surface area (Å²) in [5.41, 5.74) is 2.52.